The monoisotopic (exact) mass is 451 g/mol. The summed E-state index contributed by atoms with van der Waals surface area (Å²) in [5, 5.41) is 18.6. The molecule has 0 atom stereocenters. The Hall–Kier alpha value is -0.500. The highest BCUT2D eigenvalue weighted by atomic mass is 35.5. The minimum absolute atomic E-state index is 0. The van der Waals surface area contributed by atoms with E-state index in [0.29, 0.717) is 6.42 Å². The fourth-order valence-electron chi connectivity index (χ4n) is 3.03. The molecule has 30 heavy (non-hydrogen) atoms. The van der Waals surface area contributed by atoms with Gasteiger partial charge < -0.3 is 10.2 Å². The van der Waals surface area contributed by atoms with Gasteiger partial charge in [0, 0.05) is 6.42 Å². The van der Waals surface area contributed by atoms with E-state index in [1.54, 1.807) is 0 Å². The van der Waals surface area contributed by atoms with E-state index in [0.717, 1.165) is 30.9 Å². The van der Waals surface area contributed by atoms with Crippen LogP contribution in [-0.4, -0.2) is 54.2 Å². The summed E-state index contributed by atoms with van der Waals surface area (Å²) in [6, 6.07) is 0. The first-order valence-corrected chi connectivity index (χ1v) is 11.7. The van der Waals surface area contributed by atoms with Gasteiger partial charge in [0.15, 0.2) is 5.78 Å². The molecule has 2 N–H and O–H groups in total. The molecule has 0 amide bonds. The fourth-order valence-corrected chi connectivity index (χ4v) is 3.03. The molecule has 0 saturated heterocycles. The summed E-state index contributed by atoms with van der Waals surface area (Å²) in [6.07, 6.45) is 21.2. The molecule has 0 radical (unpaired) electrons. The number of allylic oxidation sites excluding steroid dienone is 2. The van der Waals surface area contributed by atoms with Crippen molar-refractivity contribution in [3.8, 4) is 0 Å². The van der Waals surface area contributed by atoms with E-state index in [4.69, 9.17) is 19.9 Å². The van der Waals surface area contributed by atoms with Crippen molar-refractivity contribution in [2.24, 2.45) is 0 Å². The summed E-state index contributed by atoms with van der Waals surface area (Å²) in [5.74, 6) is 0.0403. The van der Waals surface area contributed by atoms with Gasteiger partial charge in [0.2, 0.25) is 0 Å². The van der Waals surface area contributed by atoms with Gasteiger partial charge in [-0.15, -0.1) is 12.4 Å². The van der Waals surface area contributed by atoms with Crippen molar-refractivity contribution in [1.29, 1.82) is 0 Å². The van der Waals surface area contributed by atoms with Crippen molar-refractivity contribution >= 4 is 18.2 Å². The quantitative estimate of drug-likeness (QED) is 0.127. The van der Waals surface area contributed by atoms with Gasteiger partial charge in [-0.05, 0) is 32.1 Å². The second-order valence-electron chi connectivity index (χ2n) is 7.48. The van der Waals surface area contributed by atoms with Gasteiger partial charge >= 0.3 is 0 Å². The predicted molar refractivity (Wildman–Crippen MR) is 124 cm³/mol. The molecule has 0 unspecified atom stereocenters. The molecule has 0 aromatic carbocycles. The average Bonchev–Trinajstić information content (AvgIpc) is 2.72. The highest BCUT2D eigenvalue weighted by Gasteiger charge is 2.12. The summed E-state index contributed by atoms with van der Waals surface area (Å²) < 4.78 is 0. The second kappa shape index (κ2) is 26.5. The normalized spacial score (nSPS) is 11.3. The Kier molecular flexibility index (Phi) is 28.0. The highest BCUT2D eigenvalue weighted by Crippen LogP contribution is 2.10. The van der Waals surface area contributed by atoms with Crippen LogP contribution in [-0.2, 0) is 14.5 Å². The third kappa shape index (κ3) is 23.8. The van der Waals surface area contributed by atoms with E-state index < -0.39 is 0 Å². The zero-order chi connectivity index (χ0) is 21.4. The molecule has 0 spiro atoms. The van der Waals surface area contributed by atoms with Gasteiger partial charge in [-0.3, -0.25) is 14.5 Å². The Morgan fingerprint density at radius 1 is 0.767 bits per heavy atom. The third-order valence-electron chi connectivity index (χ3n) is 4.68. The minimum Gasteiger partial charge on any atom is -0.394 e. The standard InChI is InChI=1S/C23H45NO5.ClH/c1-2-3-4-5-6-7-8-9-10-11-12-13-14-15-16-17-23(27)22-24(28-20-18-25)29-21-19-26;/h9-10,25-26H,2-8,11-22H2,1H3;1H. The molecule has 0 aromatic heterocycles. The Morgan fingerprint density at radius 3 is 1.73 bits per heavy atom. The SMILES string of the molecule is CCCCCCCCC=CCCCCCCCC(=O)CN(OCCO)OCCO.Cl. The lowest BCUT2D eigenvalue weighted by molar-refractivity contribution is -0.366. The number of aliphatic hydroxyl groups is 2. The van der Waals surface area contributed by atoms with Crippen LogP contribution in [0.25, 0.3) is 0 Å². The molecular formula is C23H46ClNO5. The highest BCUT2D eigenvalue weighted by molar-refractivity contribution is 5.85. The van der Waals surface area contributed by atoms with Crippen LogP contribution in [0, 0.1) is 0 Å². The van der Waals surface area contributed by atoms with Crippen molar-refractivity contribution in [3.05, 3.63) is 12.2 Å². The number of aliphatic hydroxyl groups excluding tert-OH is 2. The predicted octanol–water partition coefficient (Wildman–Crippen LogP) is 5.16. The van der Waals surface area contributed by atoms with Crippen molar-refractivity contribution in [1.82, 2.24) is 5.23 Å². The van der Waals surface area contributed by atoms with E-state index in [1.165, 1.54) is 57.8 Å². The Labute approximate surface area is 190 Å². The van der Waals surface area contributed by atoms with Gasteiger partial charge in [-0.2, -0.15) is 0 Å². The molecule has 0 heterocycles. The first kappa shape index (κ1) is 31.7. The maximum Gasteiger partial charge on any atom is 0.151 e. The van der Waals surface area contributed by atoms with E-state index in [1.807, 2.05) is 0 Å². The number of hydrogen-bond acceptors (Lipinski definition) is 6. The molecule has 0 aliphatic heterocycles. The molecule has 0 fully saturated rings. The average molecular weight is 452 g/mol. The van der Waals surface area contributed by atoms with Gasteiger partial charge in [0.05, 0.1) is 26.4 Å². The zero-order valence-electron chi connectivity index (χ0n) is 19.1. The minimum atomic E-state index is -0.151. The Bertz CT molecular complexity index is 375. The Morgan fingerprint density at radius 2 is 1.23 bits per heavy atom. The first-order chi connectivity index (χ1) is 14.2. The first-order valence-electron chi connectivity index (χ1n) is 11.7. The number of carbonyl (C=O) groups excluding carboxylic acids is 1. The fraction of sp³-hybridized carbons (Fsp3) is 0.870. The van der Waals surface area contributed by atoms with Crippen LogP contribution in [0.1, 0.15) is 96.8 Å². The molecule has 0 aliphatic rings. The molecule has 6 nitrogen and oxygen atoms in total. The second-order valence-corrected chi connectivity index (χ2v) is 7.48. The molecule has 0 bridgehead atoms. The van der Waals surface area contributed by atoms with Crippen molar-refractivity contribution < 1.29 is 24.7 Å². The van der Waals surface area contributed by atoms with Gasteiger partial charge in [0.25, 0.3) is 0 Å². The summed E-state index contributed by atoms with van der Waals surface area (Å²) in [4.78, 5) is 22.2. The molecule has 0 aromatic rings. The van der Waals surface area contributed by atoms with E-state index in [9.17, 15) is 4.79 Å². The van der Waals surface area contributed by atoms with Crippen LogP contribution in [0.15, 0.2) is 12.2 Å². The van der Waals surface area contributed by atoms with E-state index >= 15 is 0 Å². The third-order valence-corrected chi connectivity index (χ3v) is 4.68. The zero-order valence-corrected chi connectivity index (χ0v) is 19.9. The number of carbonyl (C=O) groups is 1. The van der Waals surface area contributed by atoms with Crippen LogP contribution in [0.3, 0.4) is 0 Å². The van der Waals surface area contributed by atoms with Crippen molar-refractivity contribution in [2.75, 3.05) is 33.0 Å². The van der Waals surface area contributed by atoms with Gasteiger partial charge in [-0.1, -0.05) is 75.7 Å². The lowest BCUT2D eigenvalue weighted by atomic mass is 10.1. The van der Waals surface area contributed by atoms with Crippen LogP contribution in [0.2, 0.25) is 0 Å². The summed E-state index contributed by atoms with van der Waals surface area (Å²) in [7, 11) is 0. The maximum absolute atomic E-state index is 12.0. The van der Waals surface area contributed by atoms with Gasteiger partial charge in [0.1, 0.15) is 6.54 Å². The number of halogens is 1. The smallest absolute Gasteiger partial charge is 0.151 e. The molecule has 0 rings (SSSR count). The van der Waals surface area contributed by atoms with Gasteiger partial charge in [-0.25, -0.2) is 0 Å². The number of hydrogen-bond donors (Lipinski definition) is 2. The number of nitrogens with zero attached hydrogens (tertiary/aromatic N) is 1. The largest absolute Gasteiger partial charge is 0.394 e. The number of unbranched alkanes of at least 4 members (excludes halogenated alkanes) is 11. The van der Waals surface area contributed by atoms with Crippen LogP contribution in [0.5, 0.6) is 0 Å². The summed E-state index contributed by atoms with van der Waals surface area (Å²) in [5.41, 5.74) is 0. The van der Waals surface area contributed by atoms with Crippen LogP contribution < -0.4 is 0 Å². The number of ketones is 1. The molecule has 0 saturated carbocycles. The molecule has 180 valence electrons. The van der Waals surface area contributed by atoms with Crippen molar-refractivity contribution in [2.45, 2.75) is 96.8 Å². The number of hydroxylamine groups is 2. The van der Waals surface area contributed by atoms with Crippen LogP contribution in [0.4, 0.5) is 0 Å². The lowest BCUT2D eigenvalue weighted by Gasteiger charge is -2.19. The van der Waals surface area contributed by atoms with E-state index in [-0.39, 0.29) is 51.2 Å². The topological polar surface area (TPSA) is 79.2 Å². The number of Topliss-reactive ketones (excluding diaryl/α,β-unsaturated/α-hetero) is 1. The molecule has 7 heteroatoms. The summed E-state index contributed by atoms with van der Waals surface area (Å²) in [6.45, 7) is 2.09. The molecule has 0 aliphatic carbocycles. The Balaban J connectivity index is 0. The molecular weight excluding hydrogens is 406 g/mol. The number of rotatable bonds is 23. The van der Waals surface area contributed by atoms with E-state index in [2.05, 4.69) is 19.1 Å². The van der Waals surface area contributed by atoms with Crippen molar-refractivity contribution in [3.63, 3.8) is 0 Å². The maximum atomic E-state index is 12.0. The van der Waals surface area contributed by atoms with Crippen LogP contribution >= 0.6 is 12.4 Å². The lowest BCUT2D eigenvalue weighted by Crippen LogP contribution is -2.32. The summed E-state index contributed by atoms with van der Waals surface area (Å²) >= 11 is 0.